The van der Waals surface area contributed by atoms with Gasteiger partial charge in [0.15, 0.2) is 11.5 Å². The molecule has 0 fully saturated rings. The highest BCUT2D eigenvalue weighted by molar-refractivity contribution is 6.48. The maximum absolute atomic E-state index is 6.25. The molecule has 2 aromatic rings. The quantitative estimate of drug-likeness (QED) is 0.741. The van der Waals surface area contributed by atoms with Crippen LogP contribution in [-0.4, -0.2) is 6.79 Å². The topological polar surface area (TPSA) is 30.5 Å². The Labute approximate surface area is 137 Å². The molecule has 110 valence electrons. The van der Waals surface area contributed by atoms with Crippen LogP contribution in [0, 0.1) is 0 Å². The highest BCUT2D eigenvalue weighted by atomic mass is 35.5. The van der Waals surface area contributed by atoms with Crippen molar-refractivity contribution in [2.24, 2.45) is 0 Å². The Morgan fingerprint density at radius 2 is 1.76 bits per heavy atom. The fourth-order valence-corrected chi connectivity index (χ4v) is 2.90. The Morgan fingerprint density at radius 1 is 1.00 bits per heavy atom. The van der Waals surface area contributed by atoms with Crippen molar-refractivity contribution in [3.8, 4) is 11.5 Å². The van der Waals surface area contributed by atoms with Crippen LogP contribution < -0.4 is 14.8 Å². The normalized spacial score (nSPS) is 14.1. The third kappa shape index (κ3) is 2.86. The van der Waals surface area contributed by atoms with Crippen molar-refractivity contribution in [3.05, 3.63) is 51.0 Å². The predicted molar refractivity (Wildman–Crippen MR) is 86.1 cm³/mol. The minimum Gasteiger partial charge on any atom is -0.454 e. The van der Waals surface area contributed by atoms with E-state index in [1.807, 2.05) is 31.2 Å². The zero-order valence-corrected chi connectivity index (χ0v) is 13.4. The minimum absolute atomic E-state index is 0.0346. The lowest BCUT2D eigenvalue weighted by atomic mass is 10.1. The van der Waals surface area contributed by atoms with Gasteiger partial charge in [0, 0.05) is 11.8 Å². The van der Waals surface area contributed by atoms with Crippen LogP contribution in [0.4, 0.5) is 5.69 Å². The van der Waals surface area contributed by atoms with Crippen LogP contribution in [0.2, 0.25) is 15.1 Å². The van der Waals surface area contributed by atoms with Gasteiger partial charge in [-0.1, -0.05) is 40.9 Å². The van der Waals surface area contributed by atoms with Gasteiger partial charge in [-0.15, -0.1) is 0 Å². The molecular weight excluding hydrogens is 333 g/mol. The number of benzene rings is 2. The van der Waals surface area contributed by atoms with E-state index in [-0.39, 0.29) is 12.8 Å². The lowest BCUT2D eigenvalue weighted by Crippen LogP contribution is -2.07. The third-order valence-electron chi connectivity index (χ3n) is 3.29. The van der Waals surface area contributed by atoms with Crippen LogP contribution in [0.1, 0.15) is 18.5 Å². The van der Waals surface area contributed by atoms with Crippen LogP contribution in [-0.2, 0) is 0 Å². The van der Waals surface area contributed by atoms with E-state index in [0.717, 1.165) is 22.7 Å². The highest BCUT2D eigenvalue weighted by Gasteiger charge is 2.17. The predicted octanol–water partition coefficient (Wildman–Crippen LogP) is 5.55. The number of halogens is 3. The van der Waals surface area contributed by atoms with E-state index in [4.69, 9.17) is 44.3 Å². The summed E-state index contributed by atoms with van der Waals surface area (Å²) >= 11 is 18.3. The molecule has 1 aliphatic heterocycles. The molecule has 0 aliphatic carbocycles. The maximum atomic E-state index is 6.25. The summed E-state index contributed by atoms with van der Waals surface area (Å²) in [5.74, 6) is 1.48. The van der Waals surface area contributed by atoms with Crippen molar-refractivity contribution in [2.75, 3.05) is 12.1 Å². The molecule has 0 radical (unpaired) electrons. The van der Waals surface area contributed by atoms with Crippen molar-refractivity contribution in [1.29, 1.82) is 0 Å². The van der Waals surface area contributed by atoms with Crippen LogP contribution in [0.15, 0.2) is 30.3 Å². The van der Waals surface area contributed by atoms with Crippen molar-refractivity contribution < 1.29 is 9.47 Å². The summed E-state index contributed by atoms with van der Waals surface area (Å²) in [6, 6.07) is 9.25. The summed E-state index contributed by atoms with van der Waals surface area (Å²) in [7, 11) is 0. The molecule has 2 aromatic carbocycles. The molecule has 21 heavy (non-hydrogen) atoms. The number of ether oxygens (including phenoxy) is 2. The smallest absolute Gasteiger partial charge is 0.231 e. The number of fused-ring (bicyclic) bond motifs is 1. The van der Waals surface area contributed by atoms with Gasteiger partial charge < -0.3 is 14.8 Å². The first-order valence-electron chi connectivity index (χ1n) is 6.36. The Balaban J connectivity index is 1.83. The lowest BCUT2D eigenvalue weighted by Gasteiger charge is -2.18. The first kappa shape index (κ1) is 14.6. The lowest BCUT2D eigenvalue weighted by molar-refractivity contribution is 0.174. The molecular formula is C15H12Cl3NO2. The van der Waals surface area contributed by atoms with Crippen molar-refractivity contribution in [3.63, 3.8) is 0 Å². The molecule has 0 amide bonds. The molecule has 3 rings (SSSR count). The van der Waals surface area contributed by atoms with Gasteiger partial charge in [-0.05, 0) is 30.7 Å². The molecule has 3 nitrogen and oxygen atoms in total. The van der Waals surface area contributed by atoms with Gasteiger partial charge in [0.05, 0.1) is 21.1 Å². The van der Waals surface area contributed by atoms with E-state index in [0.29, 0.717) is 15.1 Å². The molecule has 6 heteroatoms. The van der Waals surface area contributed by atoms with Crippen LogP contribution in [0.3, 0.4) is 0 Å². The SMILES string of the molecule is CC(Nc1ccc2c(c1)OCO2)c1ccc(Cl)c(Cl)c1Cl. The number of hydrogen-bond acceptors (Lipinski definition) is 3. The fourth-order valence-electron chi connectivity index (χ4n) is 2.19. The standard InChI is InChI=1S/C15H12Cl3NO2/c1-8(10-3-4-11(16)15(18)14(10)17)19-9-2-5-12-13(6-9)21-7-20-12/h2-6,8,19H,7H2,1H3. The highest BCUT2D eigenvalue weighted by Crippen LogP contribution is 2.38. The van der Waals surface area contributed by atoms with Gasteiger partial charge in [-0.2, -0.15) is 0 Å². The van der Waals surface area contributed by atoms with Gasteiger partial charge in [0.25, 0.3) is 0 Å². The largest absolute Gasteiger partial charge is 0.454 e. The van der Waals surface area contributed by atoms with Gasteiger partial charge in [0.1, 0.15) is 0 Å². The summed E-state index contributed by atoms with van der Waals surface area (Å²) in [5, 5.41) is 4.63. The van der Waals surface area contributed by atoms with E-state index in [2.05, 4.69) is 5.32 Å². The molecule has 0 saturated heterocycles. The number of hydrogen-bond donors (Lipinski definition) is 1. The Kier molecular flexibility index (Phi) is 4.07. The van der Waals surface area contributed by atoms with Crippen LogP contribution in [0.5, 0.6) is 11.5 Å². The van der Waals surface area contributed by atoms with Gasteiger partial charge in [0.2, 0.25) is 6.79 Å². The van der Waals surface area contributed by atoms with Crippen molar-refractivity contribution in [1.82, 2.24) is 0 Å². The molecule has 1 aliphatic rings. The molecule has 0 bridgehead atoms. The van der Waals surface area contributed by atoms with E-state index < -0.39 is 0 Å². The van der Waals surface area contributed by atoms with Crippen LogP contribution >= 0.6 is 34.8 Å². The van der Waals surface area contributed by atoms with Gasteiger partial charge in [-0.25, -0.2) is 0 Å². The molecule has 1 heterocycles. The van der Waals surface area contributed by atoms with Crippen LogP contribution in [0.25, 0.3) is 0 Å². The first-order valence-corrected chi connectivity index (χ1v) is 7.49. The molecule has 0 saturated carbocycles. The Morgan fingerprint density at radius 3 is 2.57 bits per heavy atom. The number of nitrogens with one attached hydrogen (secondary N) is 1. The summed E-state index contributed by atoms with van der Waals surface area (Å²) in [6.45, 7) is 2.25. The zero-order chi connectivity index (χ0) is 15.0. The third-order valence-corrected chi connectivity index (χ3v) is 4.60. The number of rotatable bonds is 3. The summed E-state index contributed by atoms with van der Waals surface area (Å²) in [6.07, 6.45) is 0. The molecule has 1 unspecified atom stereocenters. The second kappa shape index (κ2) is 5.84. The van der Waals surface area contributed by atoms with Gasteiger partial charge >= 0.3 is 0 Å². The molecule has 1 N–H and O–H groups in total. The van der Waals surface area contributed by atoms with Crippen molar-refractivity contribution >= 4 is 40.5 Å². The summed E-state index contributed by atoms with van der Waals surface area (Å²) in [4.78, 5) is 0. The monoisotopic (exact) mass is 343 g/mol. The Bertz CT molecular complexity index is 691. The minimum atomic E-state index is -0.0346. The van der Waals surface area contributed by atoms with E-state index in [1.54, 1.807) is 6.07 Å². The summed E-state index contributed by atoms with van der Waals surface area (Å²) in [5.41, 5.74) is 1.79. The zero-order valence-electron chi connectivity index (χ0n) is 11.1. The molecule has 0 spiro atoms. The summed E-state index contributed by atoms with van der Waals surface area (Å²) < 4.78 is 10.6. The molecule has 1 atom stereocenters. The Hall–Kier alpha value is -1.29. The first-order chi connectivity index (χ1) is 10.1. The second-order valence-electron chi connectivity index (χ2n) is 4.70. The second-order valence-corrected chi connectivity index (χ2v) is 5.86. The van der Waals surface area contributed by atoms with E-state index in [1.165, 1.54) is 0 Å². The average molecular weight is 345 g/mol. The molecule has 0 aromatic heterocycles. The fraction of sp³-hybridized carbons (Fsp3) is 0.200. The number of anilines is 1. The van der Waals surface area contributed by atoms with E-state index in [9.17, 15) is 0 Å². The maximum Gasteiger partial charge on any atom is 0.231 e. The van der Waals surface area contributed by atoms with Crippen molar-refractivity contribution in [2.45, 2.75) is 13.0 Å². The van der Waals surface area contributed by atoms with Gasteiger partial charge in [-0.3, -0.25) is 0 Å². The average Bonchev–Trinajstić information content (AvgIpc) is 2.92. The van der Waals surface area contributed by atoms with E-state index >= 15 is 0 Å².